The molecule has 0 fully saturated rings. The van der Waals surface area contributed by atoms with Crippen molar-refractivity contribution >= 4 is 11.9 Å². The molecule has 0 aliphatic heterocycles. The van der Waals surface area contributed by atoms with Gasteiger partial charge in [0.15, 0.2) is 0 Å². The third-order valence-corrected chi connectivity index (χ3v) is 1.76. The van der Waals surface area contributed by atoms with Gasteiger partial charge in [0.25, 0.3) is 0 Å². The highest BCUT2D eigenvalue weighted by molar-refractivity contribution is 5.96. The van der Waals surface area contributed by atoms with Gasteiger partial charge >= 0.3 is 5.97 Å². The second kappa shape index (κ2) is 6.46. The number of primary amides is 1. The molecule has 0 aliphatic carbocycles. The number of nitrogens with two attached hydrogens (primary N) is 1. The molecule has 0 aromatic rings. The summed E-state index contributed by atoms with van der Waals surface area (Å²) in [6, 6.07) is 0. The lowest BCUT2D eigenvalue weighted by Gasteiger charge is -2.10. The van der Waals surface area contributed by atoms with Crippen LogP contribution in [0.25, 0.3) is 0 Å². The molecule has 1 amide bonds. The summed E-state index contributed by atoms with van der Waals surface area (Å²) in [7, 11) is 0. The first-order chi connectivity index (χ1) is 6.13. The van der Waals surface area contributed by atoms with Crippen molar-refractivity contribution in [3.63, 3.8) is 0 Å². The minimum Gasteiger partial charge on any atom is -0.465 e. The van der Waals surface area contributed by atoms with Crippen molar-refractivity contribution in [3.8, 4) is 0 Å². The van der Waals surface area contributed by atoms with E-state index in [2.05, 4.69) is 0 Å². The van der Waals surface area contributed by atoms with E-state index < -0.39 is 17.8 Å². The Morgan fingerprint density at radius 2 is 2.00 bits per heavy atom. The maximum Gasteiger partial charge on any atom is 0.318 e. The average molecular weight is 187 g/mol. The van der Waals surface area contributed by atoms with E-state index in [1.54, 1.807) is 6.92 Å². The van der Waals surface area contributed by atoms with E-state index in [4.69, 9.17) is 10.5 Å². The number of carbonyl (C=O) groups excluding carboxylic acids is 2. The number of ether oxygens (including phenoxy) is 1. The largest absolute Gasteiger partial charge is 0.465 e. The molecule has 0 heterocycles. The average Bonchev–Trinajstić information content (AvgIpc) is 2.05. The Kier molecular flexibility index (Phi) is 5.93. The van der Waals surface area contributed by atoms with Gasteiger partial charge in [0.2, 0.25) is 5.91 Å². The topological polar surface area (TPSA) is 69.4 Å². The maximum atomic E-state index is 11.2. The summed E-state index contributed by atoms with van der Waals surface area (Å²) in [5.41, 5.74) is 5.07. The van der Waals surface area contributed by atoms with Gasteiger partial charge in [-0.3, -0.25) is 9.59 Å². The van der Waals surface area contributed by atoms with Crippen LogP contribution in [0.5, 0.6) is 0 Å². The summed E-state index contributed by atoms with van der Waals surface area (Å²) < 4.78 is 4.72. The lowest BCUT2D eigenvalue weighted by atomic mass is 10.0. The summed E-state index contributed by atoms with van der Waals surface area (Å²) in [5, 5.41) is 0. The summed E-state index contributed by atoms with van der Waals surface area (Å²) in [4.78, 5) is 22.0. The van der Waals surface area contributed by atoms with Crippen LogP contribution in [0.15, 0.2) is 0 Å². The zero-order valence-electron chi connectivity index (χ0n) is 8.21. The molecule has 13 heavy (non-hydrogen) atoms. The van der Waals surface area contributed by atoms with E-state index in [0.29, 0.717) is 6.42 Å². The van der Waals surface area contributed by atoms with Crippen LogP contribution in [0.3, 0.4) is 0 Å². The summed E-state index contributed by atoms with van der Waals surface area (Å²) >= 11 is 0. The van der Waals surface area contributed by atoms with Crippen LogP contribution in [0.2, 0.25) is 0 Å². The Bertz CT molecular complexity index is 180. The molecule has 2 N–H and O–H groups in total. The van der Waals surface area contributed by atoms with Gasteiger partial charge in [0, 0.05) is 0 Å². The molecule has 1 unspecified atom stereocenters. The van der Waals surface area contributed by atoms with Crippen LogP contribution in [0.4, 0.5) is 0 Å². The van der Waals surface area contributed by atoms with E-state index in [9.17, 15) is 9.59 Å². The van der Waals surface area contributed by atoms with Gasteiger partial charge in [-0.25, -0.2) is 0 Å². The number of hydrogen-bond donors (Lipinski definition) is 1. The fourth-order valence-corrected chi connectivity index (χ4v) is 1.03. The van der Waals surface area contributed by atoms with Gasteiger partial charge in [-0.2, -0.15) is 0 Å². The summed E-state index contributed by atoms with van der Waals surface area (Å²) in [6.07, 6.45) is 2.24. The highest BCUT2D eigenvalue weighted by atomic mass is 16.5. The van der Waals surface area contributed by atoms with Gasteiger partial charge in [0.05, 0.1) is 6.61 Å². The molecule has 4 nitrogen and oxygen atoms in total. The first-order valence-corrected chi connectivity index (χ1v) is 4.59. The smallest absolute Gasteiger partial charge is 0.318 e. The van der Waals surface area contributed by atoms with Crippen molar-refractivity contribution in [2.24, 2.45) is 11.7 Å². The van der Waals surface area contributed by atoms with Gasteiger partial charge in [0.1, 0.15) is 5.92 Å². The molecule has 1 atom stereocenters. The van der Waals surface area contributed by atoms with E-state index >= 15 is 0 Å². The molecule has 4 heteroatoms. The Labute approximate surface area is 78.4 Å². The second-order valence-electron chi connectivity index (χ2n) is 2.85. The minimum atomic E-state index is -0.764. The van der Waals surface area contributed by atoms with Gasteiger partial charge < -0.3 is 10.5 Å². The van der Waals surface area contributed by atoms with Crippen LogP contribution in [-0.2, 0) is 14.3 Å². The Morgan fingerprint density at radius 3 is 2.38 bits per heavy atom. The number of carbonyl (C=O) groups is 2. The number of amides is 1. The standard InChI is InChI=1S/C9H17NO3/c1-3-5-6-7(8(10)11)9(12)13-4-2/h7H,3-6H2,1-2H3,(H2,10,11). The highest BCUT2D eigenvalue weighted by Gasteiger charge is 2.24. The van der Waals surface area contributed by atoms with Crippen LogP contribution < -0.4 is 5.73 Å². The first-order valence-electron chi connectivity index (χ1n) is 4.59. The predicted molar refractivity (Wildman–Crippen MR) is 48.8 cm³/mol. The molecular formula is C9H17NO3. The molecule has 0 saturated carbocycles. The maximum absolute atomic E-state index is 11.2. The number of esters is 1. The Balaban J connectivity index is 4.07. The molecular weight excluding hydrogens is 170 g/mol. The lowest BCUT2D eigenvalue weighted by molar-refractivity contribution is -0.151. The Morgan fingerprint density at radius 1 is 1.38 bits per heavy atom. The number of rotatable bonds is 6. The number of hydrogen-bond acceptors (Lipinski definition) is 3. The van der Waals surface area contributed by atoms with Crippen molar-refractivity contribution in [2.75, 3.05) is 6.61 Å². The number of unbranched alkanes of at least 4 members (excludes halogenated alkanes) is 1. The summed E-state index contributed by atoms with van der Waals surface area (Å²) in [6.45, 7) is 3.98. The zero-order valence-corrected chi connectivity index (χ0v) is 8.21. The Hall–Kier alpha value is -1.06. The molecule has 0 spiro atoms. The predicted octanol–water partition coefficient (Wildman–Crippen LogP) is 0.841. The van der Waals surface area contributed by atoms with Crippen LogP contribution in [-0.4, -0.2) is 18.5 Å². The van der Waals surface area contributed by atoms with Crippen LogP contribution in [0.1, 0.15) is 33.1 Å². The molecule has 0 radical (unpaired) electrons. The third-order valence-electron chi connectivity index (χ3n) is 1.76. The lowest BCUT2D eigenvalue weighted by Crippen LogP contribution is -2.31. The molecule has 76 valence electrons. The first kappa shape index (κ1) is 11.9. The highest BCUT2D eigenvalue weighted by Crippen LogP contribution is 2.09. The van der Waals surface area contributed by atoms with Crippen molar-refractivity contribution in [1.29, 1.82) is 0 Å². The molecule has 0 rings (SSSR count). The van der Waals surface area contributed by atoms with Crippen LogP contribution in [0, 0.1) is 5.92 Å². The molecule has 0 aromatic carbocycles. The zero-order chi connectivity index (χ0) is 10.3. The van der Waals surface area contributed by atoms with Crippen molar-refractivity contribution in [1.82, 2.24) is 0 Å². The fraction of sp³-hybridized carbons (Fsp3) is 0.778. The van der Waals surface area contributed by atoms with Gasteiger partial charge in [-0.1, -0.05) is 19.8 Å². The van der Waals surface area contributed by atoms with Crippen molar-refractivity contribution in [2.45, 2.75) is 33.1 Å². The SMILES string of the molecule is CCCCC(C(N)=O)C(=O)OCC. The minimum absolute atomic E-state index is 0.286. The molecule has 0 aliphatic rings. The van der Waals surface area contributed by atoms with E-state index in [0.717, 1.165) is 12.8 Å². The van der Waals surface area contributed by atoms with Crippen LogP contribution >= 0.6 is 0 Å². The van der Waals surface area contributed by atoms with Crippen molar-refractivity contribution in [3.05, 3.63) is 0 Å². The van der Waals surface area contributed by atoms with Gasteiger partial charge in [-0.05, 0) is 13.3 Å². The van der Waals surface area contributed by atoms with E-state index in [1.807, 2.05) is 6.92 Å². The summed E-state index contributed by atoms with van der Waals surface area (Å²) in [5.74, 6) is -1.85. The van der Waals surface area contributed by atoms with Crippen molar-refractivity contribution < 1.29 is 14.3 Å². The van der Waals surface area contributed by atoms with E-state index in [1.165, 1.54) is 0 Å². The second-order valence-corrected chi connectivity index (χ2v) is 2.85. The molecule has 0 aromatic heterocycles. The van der Waals surface area contributed by atoms with Gasteiger partial charge in [-0.15, -0.1) is 0 Å². The quantitative estimate of drug-likeness (QED) is 0.495. The van der Waals surface area contributed by atoms with E-state index in [-0.39, 0.29) is 6.61 Å². The monoisotopic (exact) mass is 187 g/mol. The molecule has 0 bridgehead atoms. The molecule has 0 saturated heterocycles. The third kappa shape index (κ3) is 4.50. The fourth-order valence-electron chi connectivity index (χ4n) is 1.03. The normalized spacial score (nSPS) is 12.2.